The molecule has 7 heteroatoms. The van der Waals surface area contributed by atoms with Gasteiger partial charge in [-0.2, -0.15) is 0 Å². The Labute approximate surface area is 141 Å². The fourth-order valence-corrected chi connectivity index (χ4v) is 2.89. The maximum atomic E-state index is 13.5. The van der Waals surface area contributed by atoms with Crippen LogP contribution in [0, 0.1) is 11.6 Å². The second-order valence-corrected chi connectivity index (χ2v) is 5.93. The van der Waals surface area contributed by atoms with E-state index in [-0.39, 0.29) is 6.42 Å². The first-order valence-corrected chi connectivity index (χ1v) is 8.11. The molecule has 1 aromatic carbocycles. The lowest BCUT2D eigenvalue weighted by Crippen LogP contribution is -2.14. The van der Waals surface area contributed by atoms with Crippen LogP contribution in [0.4, 0.5) is 14.5 Å². The summed E-state index contributed by atoms with van der Waals surface area (Å²) in [7, 11) is 0. The Bertz CT molecular complexity index is 832. The van der Waals surface area contributed by atoms with Crippen LogP contribution in [-0.2, 0) is 11.2 Å². The van der Waals surface area contributed by atoms with Crippen molar-refractivity contribution in [2.24, 2.45) is 0 Å². The Kier molecular flexibility index (Phi) is 4.90. The molecule has 0 unspecified atom stereocenters. The second kappa shape index (κ2) is 7.27. The molecule has 0 aliphatic heterocycles. The summed E-state index contributed by atoms with van der Waals surface area (Å²) in [6.45, 7) is 0. The van der Waals surface area contributed by atoms with E-state index >= 15 is 0 Å². The highest BCUT2D eigenvalue weighted by Crippen LogP contribution is 2.21. The van der Waals surface area contributed by atoms with E-state index in [1.165, 1.54) is 17.4 Å². The molecule has 4 nitrogen and oxygen atoms in total. The van der Waals surface area contributed by atoms with E-state index in [4.69, 9.17) is 0 Å². The van der Waals surface area contributed by atoms with Crippen LogP contribution in [0.15, 0.2) is 48.0 Å². The number of thiazole rings is 1. The Morgan fingerprint density at radius 3 is 2.58 bits per heavy atom. The molecule has 0 saturated heterocycles. The van der Waals surface area contributed by atoms with Crippen LogP contribution in [0.3, 0.4) is 0 Å². The largest absolute Gasteiger partial charge is 0.321 e. The number of aromatic nitrogens is 2. The van der Waals surface area contributed by atoms with Crippen molar-refractivity contribution in [2.45, 2.75) is 12.8 Å². The van der Waals surface area contributed by atoms with Gasteiger partial charge in [-0.3, -0.25) is 9.78 Å². The van der Waals surface area contributed by atoms with Crippen LogP contribution in [-0.4, -0.2) is 15.9 Å². The summed E-state index contributed by atoms with van der Waals surface area (Å²) in [5.41, 5.74) is 1.09. The van der Waals surface area contributed by atoms with Crippen molar-refractivity contribution in [3.05, 3.63) is 64.6 Å². The minimum atomic E-state index is -0.796. The fraction of sp³-hybridized carbons (Fsp3) is 0.118. The lowest BCUT2D eigenvalue weighted by atomic mass is 10.2. The summed E-state index contributed by atoms with van der Waals surface area (Å²) in [6.07, 6.45) is 2.16. The Hall–Kier alpha value is -2.67. The van der Waals surface area contributed by atoms with Crippen molar-refractivity contribution in [1.82, 2.24) is 9.97 Å². The average molecular weight is 345 g/mol. The van der Waals surface area contributed by atoms with E-state index < -0.39 is 23.2 Å². The van der Waals surface area contributed by atoms with Crippen LogP contribution in [0.25, 0.3) is 11.4 Å². The molecule has 0 bridgehead atoms. The van der Waals surface area contributed by atoms with Crippen molar-refractivity contribution in [3.63, 3.8) is 0 Å². The fourth-order valence-electron chi connectivity index (χ4n) is 2.10. The zero-order valence-corrected chi connectivity index (χ0v) is 13.3. The lowest BCUT2D eigenvalue weighted by Gasteiger charge is -2.06. The first-order chi connectivity index (χ1) is 11.6. The summed E-state index contributed by atoms with van der Waals surface area (Å²) in [6, 6.07) is 8.99. The molecule has 122 valence electrons. The van der Waals surface area contributed by atoms with Crippen molar-refractivity contribution < 1.29 is 13.6 Å². The van der Waals surface area contributed by atoms with Gasteiger partial charge in [-0.1, -0.05) is 12.1 Å². The molecular formula is C17H13F2N3OS. The number of carbonyl (C=O) groups excluding carboxylic acids is 1. The summed E-state index contributed by atoms with van der Waals surface area (Å²) >= 11 is 1.42. The number of anilines is 1. The highest BCUT2D eigenvalue weighted by Gasteiger charge is 2.13. The monoisotopic (exact) mass is 345 g/mol. The first-order valence-electron chi connectivity index (χ1n) is 7.23. The van der Waals surface area contributed by atoms with Crippen molar-refractivity contribution in [1.29, 1.82) is 0 Å². The van der Waals surface area contributed by atoms with Gasteiger partial charge >= 0.3 is 0 Å². The molecule has 3 aromatic rings. The van der Waals surface area contributed by atoms with Gasteiger partial charge < -0.3 is 5.32 Å². The molecule has 0 spiro atoms. The van der Waals surface area contributed by atoms with Gasteiger partial charge in [0.1, 0.15) is 17.3 Å². The number of benzene rings is 1. The number of para-hydroxylation sites is 1. The van der Waals surface area contributed by atoms with Crippen molar-refractivity contribution >= 4 is 22.9 Å². The predicted octanol–water partition coefficient (Wildman–Crippen LogP) is 4.05. The summed E-state index contributed by atoms with van der Waals surface area (Å²) in [5.74, 6) is -2.06. The molecule has 0 saturated carbocycles. The Morgan fingerprint density at radius 1 is 1.08 bits per heavy atom. The van der Waals surface area contributed by atoms with Crippen molar-refractivity contribution in [3.8, 4) is 11.4 Å². The van der Waals surface area contributed by atoms with Crippen LogP contribution in [0.1, 0.15) is 11.4 Å². The van der Waals surface area contributed by atoms with Crippen LogP contribution >= 0.6 is 11.3 Å². The standard InChI is InChI=1S/C17H13F2N3OS/c18-11-4-3-5-12(19)17(11)22-15(23)7-8-16-21-14(10-24-16)13-6-1-2-9-20-13/h1-6,9-10H,7-8H2,(H,22,23). The van der Waals surface area contributed by atoms with E-state index in [1.54, 1.807) is 6.20 Å². The molecule has 2 aromatic heterocycles. The minimum absolute atomic E-state index is 0.0863. The number of pyridine rings is 1. The third-order valence-corrected chi connectivity index (χ3v) is 4.18. The maximum absolute atomic E-state index is 13.5. The zero-order chi connectivity index (χ0) is 16.9. The molecule has 0 aliphatic rings. The average Bonchev–Trinajstić information content (AvgIpc) is 3.06. The molecule has 2 heterocycles. The normalized spacial score (nSPS) is 10.6. The molecule has 0 aliphatic carbocycles. The number of carbonyl (C=O) groups is 1. The van der Waals surface area contributed by atoms with Gasteiger partial charge in [-0.15, -0.1) is 11.3 Å². The van der Waals surface area contributed by atoms with Crippen molar-refractivity contribution in [2.75, 3.05) is 5.32 Å². The smallest absolute Gasteiger partial charge is 0.224 e. The summed E-state index contributed by atoms with van der Waals surface area (Å²) < 4.78 is 27.0. The minimum Gasteiger partial charge on any atom is -0.321 e. The van der Waals surface area contributed by atoms with Gasteiger partial charge in [0.05, 0.1) is 16.4 Å². The van der Waals surface area contributed by atoms with Gasteiger partial charge in [0.15, 0.2) is 0 Å². The van der Waals surface area contributed by atoms with Gasteiger partial charge in [-0.25, -0.2) is 13.8 Å². The van der Waals surface area contributed by atoms with Gasteiger partial charge in [-0.05, 0) is 24.3 Å². The van der Waals surface area contributed by atoms with E-state index in [2.05, 4.69) is 15.3 Å². The zero-order valence-electron chi connectivity index (χ0n) is 12.5. The number of hydrogen-bond donors (Lipinski definition) is 1. The Morgan fingerprint density at radius 2 is 1.88 bits per heavy atom. The molecule has 3 rings (SSSR count). The van der Waals surface area contributed by atoms with Crippen LogP contribution in [0.2, 0.25) is 0 Å². The maximum Gasteiger partial charge on any atom is 0.224 e. The van der Waals surface area contributed by atoms with E-state index in [0.717, 1.165) is 28.5 Å². The number of rotatable bonds is 5. The Balaban J connectivity index is 1.60. The van der Waals surface area contributed by atoms with Gasteiger partial charge in [0.2, 0.25) is 5.91 Å². The molecule has 1 N–H and O–H groups in total. The number of hydrogen-bond acceptors (Lipinski definition) is 4. The highest BCUT2D eigenvalue weighted by atomic mass is 32.1. The third-order valence-electron chi connectivity index (χ3n) is 3.27. The first kappa shape index (κ1) is 16.2. The summed E-state index contributed by atoms with van der Waals surface area (Å²) in [4.78, 5) is 20.5. The number of halogens is 2. The van der Waals surface area contributed by atoms with Gasteiger partial charge in [0, 0.05) is 24.4 Å². The van der Waals surface area contributed by atoms with E-state index in [1.807, 2.05) is 23.6 Å². The number of aryl methyl sites for hydroxylation is 1. The third kappa shape index (κ3) is 3.80. The number of nitrogens with one attached hydrogen (secondary N) is 1. The van der Waals surface area contributed by atoms with Gasteiger partial charge in [0.25, 0.3) is 0 Å². The molecular weight excluding hydrogens is 332 g/mol. The summed E-state index contributed by atoms with van der Waals surface area (Å²) in [5, 5.41) is 4.89. The molecule has 24 heavy (non-hydrogen) atoms. The highest BCUT2D eigenvalue weighted by molar-refractivity contribution is 7.09. The second-order valence-electron chi connectivity index (χ2n) is 4.99. The number of nitrogens with zero attached hydrogens (tertiary/aromatic N) is 2. The lowest BCUT2D eigenvalue weighted by molar-refractivity contribution is -0.116. The van der Waals surface area contributed by atoms with Crippen LogP contribution in [0.5, 0.6) is 0 Å². The van der Waals surface area contributed by atoms with E-state index in [9.17, 15) is 13.6 Å². The van der Waals surface area contributed by atoms with E-state index in [0.29, 0.717) is 6.42 Å². The van der Waals surface area contributed by atoms with Crippen LogP contribution < -0.4 is 5.32 Å². The quantitative estimate of drug-likeness (QED) is 0.759. The molecule has 1 amide bonds. The number of amides is 1. The predicted molar refractivity (Wildman–Crippen MR) is 88.7 cm³/mol. The molecule has 0 atom stereocenters. The SMILES string of the molecule is O=C(CCc1nc(-c2ccccn2)cs1)Nc1c(F)cccc1F. The molecule has 0 fully saturated rings. The topological polar surface area (TPSA) is 54.9 Å². The molecule has 0 radical (unpaired) electrons.